The van der Waals surface area contributed by atoms with Crippen molar-refractivity contribution in [3.8, 4) is 56.4 Å². The van der Waals surface area contributed by atoms with Gasteiger partial charge in [0.2, 0.25) is 0 Å². The summed E-state index contributed by atoms with van der Waals surface area (Å²) in [4.78, 5) is 4.05. The summed E-state index contributed by atoms with van der Waals surface area (Å²) in [5, 5.41) is 0. The van der Waals surface area contributed by atoms with Crippen LogP contribution in [0.1, 0.15) is 55.6 Å². The first-order valence-corrected chi connectivity index (χ1v) is 32.6. The summed E-state index contributed by atoms with van der Waals surface area (Å²) in [6.07, 6.45) is 3.52. The van der Waals surface area contributed by atoms with Crippen molar-refractivity contribution in [2.24, 2.45) is 0 Å². The maximum Gasteiger partial charge on any atom is 0.130 e. The minimum absolute atomic E-state index is 0.255. The van der Waals surface area contributed by atoms with Gasteiger partial charge in [-0.3, -0.25) is 0 Å². The number of nitrogens with zero attached hydrogens (tertiary/aromatic N) is 2. The van der Waals surface area contributed by atoms with Crippen molar-refractivity contribution in [3.05, 3.63) is 419 Å². The van der Waals surface area contributed by atoms with Gasteiger partial charge >= 0.3 is 0 Å². The number of fused-ring (bicyclic) bond motifs is 6. The first kappa shape index (κ1) is 62.2. The molecule has 0 aromatic heterocycles. The topological polar surface area (TPSA) is 24.9 Å². The highest BCUT2D eigenvalue weighted by molar-refractivity contribution is 5.92. The number of halogens is 6. The zero-order valence-corrected chi connectivity index (χ0v) is 53.6. The lowest BCUT2D eigenvalue weighted by atomic mass is 9.67. The van der Waals surface area contributed by atoms with Crippen LogP contribution in [0.25, 0.3) is 45.5 Å². The van der Waals surface area contributed by atoms with Crippen LogP contribution >= 0.6 is 0 Å². The van der Waals surface area contributed by atoms with Gasteiger partial charge in [0.15, 0.2) is 0 Å². The van der Waals surface area contributed by atoms with Gasteiger partial charge in [0, 0.05) is 57.4 Å². The van der Waals surface area contributed by atoms with Gasteiger partial charge in [0.05, 0.1) is 10.8 Å². The lowest BCUT2D eigenvalue weighted by Gasteiger charge is -2.35. The molecule has 0 aliphatic heterocycles. The second kappa shape index (κ2) is 25.4. The number of anilines is 6. The van der Waals surface area contributed by atoms with Crippen molar-refractivity contribution < 1.29 is 35.8 Å². The molecule has 0 fully saturated rings. The second-order valence-corrected chi connectivity index (χ2v) is 24.8. The number of benzene rings is 14. The molecule has 2 atom stereocenters. The van der Waals surface area contributed by atoms with Gasteiger partial charge in [-0.2, -0.15) is 0 Å². The number of rotatable bonds is 17. The highest BCUT2D eigenvalue weighted by atomic mass is 19.2. The van der Waals surface area contributed by atoms with E-state index >= 15 is 17.6 Å². The van der Waals surface area contributed by atoms with Crippen LogP contribution in [0.3, 0.4) is 0 Å². The third kappa shape index (κ3) is 10.8. The normalized spacial score (nSPS) is 14.7. The van der Waals surface area contributed by atoms with Crippen molar-refractivity contribution >= 4 is 46.3 Å². The predicted molar refractivity (Wildman–Crippen MR) is 389 cm³/mol. The van der Waals surface area contributed by atoms with E-state index in [1.165, 1.54) is 48.5 Å². The summed E-state index contributed by atoms with van der Waals surface area (Å²) in [6.45, 7) is 7.72. The smallest absolute Gasteiger partial charge is 0.130 e. The van der Waals surface area contributed by atoms with Crippen molar-refractivity contribution in [2.45, 2.75) is 10.8 Å². The van der Waals surface area contributed by atoms with Crippen LogP contribution in [0.4, 0.5) is 60.5 Å². The van der Waals surface area contributed by atoms with Crippen LogP contribution in [0, 0.1) is 34.9 Å². The Balaban J connectivity index is 0.772. The molecule has 482 valence electrons. The van der Waals surface area contributed by atoms with Crippen molar-refractivity contribution in [1.29, 1.82) is 0 Å². The van der Waals surface area contributed by atoms with Gasteiger partial charge in [0.1, 0.15) is 57.9 Å². The molecule has 2 unspecified atom stereocenters. The Morgan fingerprint density at radius 1 is 0.260 bits per heavy atom. The molecule has 0 amide bonds. The lowest BCUT2D eigenvalue weighted by molar-refractivity contribution is 0.481. The molecule has 2 aliphatic carbocycles. The Labute approximate surface area is 575 Å². The highest BCUT2D eigenvalue weighted by Crippen LogP contribution is 2.60. The van der Waals surface area contributed by atoms with E-state index in [9.17, 15) is 8.78 Å². The van der Waals surface area contributed by atoms with Gasteiger partial charge in [0.25, 0.3) is 0 Å². The Kier molecular flexibility index (Phi) is 15.8. The van der Waals surface area contributed by atoms with Crippen LogP contribution in [-0.2, 0) is 10.8 Å². The lowest BCUT2D eigenvalue weighted by Crippen LogP contribution is -2.30. The van der Waals surface area contributed by atoms with Gasteiger partial charge < -0.3 is 19.3 Å². The minimum Gasteiger partial charge on any atom is -0.457 e. The van der Waals surface area contributed by atoms with Crippen molar-refractivity contribution in [3.63, 3.8) is 0 Å². The number of hydrogen-bond donors (Lipinski definition) is 0. The average molecular weight is 1310 g/mol. The van der Waals surface area contributed by atoms with E-state index in [1.807, 2.05) is 240 Å². The van der Waals surface area contributed by atoms with E-state index in [-0.39, 0.29) is 11.1 Å². The standard InChI is InChI=1S/C90H58F6N2O2/c1-3-57-13-41-73(42-14-57)99-75-45-21-61(22-46-75)89(83-51-29-65(93)53-87(83)95)81-11-7-5-9-77(81)79-49-39-71(55-85(79)89)97(69-35-25-63(91)26-36-69)67-31-17-59(18-32-67)60-19-33-68(34-20-60)98(70-37-27-64(92)28-38-70)72-40-50-80-78-10-6-8-12-82(78)90(86(80)56-72,84-52-30-66(94)54-88(84)96)62-23-47-76(48-24-62)100-74-43-15-58(4-2)16-44-74/h3-56H,1-2H2. The molecule has 0 heterocycles. The molecule has 14 aromatic carbocycles. The molecule has 0 N–H and O–H groups in total. The fraction of sp³-hybridized carbons (Fsp3) is 0.0222. The highest BCUT2D eigenvalue weighted by Gasteiger charge is 2.50. The Bertz CT molecular complexity index is 5110. The van der Waals surface area contributed by atoms with Crippen LogP contribution in [0.2, 0.25) is 0 Å². The second-order valence-electron chi connectivity index (χ2n) is 24.8. The Hall–Kier alpha value is -12.7. The molecule has 4 nitrogen and oxygen atoms in total. The maximum atomic E-state index is 17.0. The molecule has 16 rings (SSSR count). The zero-order valence-electron chi connectivity index (χ0n) is 53.6. The molecule has 0 saturated carbocycles. The number of hydrogen-bond acceptors (Lipinski definition) is 4. The molecule has 0 spiro atoms. The van der Waals surface area contributed by atoms with E-state index in [1.54, 1.807) is 36.4 Å². The first-order chi connectivity index (χ1) is 48.9. The zero-order chi connectivity index (χ0) is 68.2. The third-order valence-corrected chi connectivity index (χ3v) is 19.3. The van der Waals surface area contributed by atoms with E-state index in [4.69, 9.17) is 9.47 Å². The summed E-state index contributed by atoms with van der Waals surface area (Å²) in [5.74, 6) is -1.28. The van der Waals surface area contributed by atoms with Gasteiger partial charge in [-0.25, -0.2) is 26.3 Å². The van der Waals surface area contributed by atoms with E-state index in [0.717, 1.165) is 101 Å². The predicted octanol–water partition coefficient (Wildman–Crippen LogP) is 24.7. The fourth-order valence-electron chi connectivity index (χ4n) is 14.8. The molecule has 0 radical (unpaired) electrons. The molecule has 2 aliphatic rings. The van der Waals surface area contributed by atoms with Crippen LogP contribution in [-0.4, -0.2) is 0 Å². The van der Waals surface area contributed by atoms with Gasteiger partial charge in [-0.15, -0.1) is 0 Å². The molecule has 14 aromatic rings. The quantitative estimate of drug-likeness (QED) is 0.0849. The van der Waals surface area contributed by atoms with Crippen molar-refractivity contribution in [1.82, 2.24) is 0 Å². The third-order valence-electron chi connectivity index (χ3n) is 19.3. The molecule has 100 heavy (non-hydrogen) atoms. The molecular weight excluding hydrogens is 1250 g/mol. The molecule has 0 saturated heterocycles. The largest absolute Gasteiger partial charge is 0.457 e. The summed E-state index contributed by atoms with van der Waals surface area (Å²) < 4.78 is 107. The Morgan fingerprint density at radius 3 is 0.900 bits per heavy atom. The van der Waals surface area contributed by atoms with E-state index in [0.29, 0.717) is 45.7 Å². The average Bonchev–Trinajstić information content (AvgIpc) is 1.53. The SMILES string of the molecule is C=Cc1ccc(Oc2ccc(C3(c4ccc(F)cc4F)c4ccccc4-c4ccc(N(c5ccc(F)cc5)c5ccc(-c6ccc(N(c7ccc(F)cc7)c7ccc8c(c7)C(c7ccc(Oc9ccc(C=C)cc9)cc7)(c7ccc(F)cc7F)c7ccccc7-8)cc6)cc5)cc43)cc2)cc1. The number of ether oxygens (including phenoxy) is 2. The molecular formula is C90H58F6N2O2. The van der Waals surface area contributed by atoms with Crippen LogP contribution < -0.4 is 19.3 Å². The monoisotopic (exact) mass is 1310 g/mol. The first-order valence-electron chi connectivity index (χ1n) is 32.6. The van der Waals surface area contributed by atoms with Gasteiger partial charge in [-0.1, -0.05) is 171 Å². The Morgan fingerprint density at radius 2 is 0.560 bits per heavy atom. The van der Waals surface area contributed by atoms with Crippen LogP contribution in [0.15, 0.2) is 329 Å². The molecule has 10 heteroatoms. The molecule has 0 bridgehead atoms. The van der Waals surface area contributed by atoms with Gasteiger partial charge in [-0.05, 0) is 236 Å². The summed E-state index contributed by atoms with van der Waals surface area (Å²) >= 11 is 0. The minimum atomic E-state index is -1.30. The summed E-state index contributed by atoms with van der Waals surface area (Å²) in [6, 6.07) is 94.3. The summed E-state index contributed by atoms with van der Waals surface area (Å²) in [7, 11) is 0. The van der Waals surface area contributed by atoms with Crippen molar-refractivity contribution in [2.75, 3.05) is 9.80 Å². The summed E-state index contributed by atoms with van der Waals surface area (Å²) in [5.41, 5.74) is 13.8. The van der Waals surface area contributed by atoms with Crippen LogP contribution in [0.5, 0.6) is 23.0 Å². The van der Waals surface area contributed by atoms with E-state index in [2.05, 4.69) is 13.2 Å². The fourth-order valence-corrected chi connectivity index (χ4v) is 14.8. The maximum absolute atomic E-state index is 17.0. The van der Waals surface area contributed by atoms with E-state index < -0.39 is 45.7 Å².